The molecule has 4 nitrogen and oxygen atoms in total. The number of benzene rings is 1. The second-order valence-corrected chi connectivity index (χ2v) is 4.41. The number of hydrogen-bond acceptors (Lipinski definition) is 3. The highest BCUT2D eigenvalue weighted by molar-refractivity contribution is 5.89. The van der Waals surface area contributed by atoms with Crippen LogP contribution in [0.2, 0.25) is 0 Å². The van der Waals surface area contributed by atoms with Gasteiger partial charge in [-0.25, -0.2) is 4.79 Å². The van der Waals surface area contributed by atoms with Crippen LogP contribution in [0.5, 0.6) is 5.75 Å². The van der Waals surface area contributed by atoms with E-state index in [1.54, 1.807) is 19.4 Å². The smallest absolute Gasteiger partial charge is 0.337 e. The summed E-state index contributed by atoms with van der Waals surface area (Å²) in [6.07, 6.45) is 3.00. The summed E-state index contributed by atoms with van der Waals surface area (Å²) >= 11 is 0. The SMILES string of the molecule is COc1c(C)cc(-c2cncc(C(=O)O)c2)cc1C. The number of rotatable bonds is 3. The normalized spacial score (nSPS) is 10.3. The molecular formula is C15H15NO3. The van der Waals surface area contributed by atoms with Crippen LogP contribution in [0.1, 0.15) is 21.5 Å². The highest BCUT2D eigenvalue weighted by atomic mass is 16.5. The van der Waals surface area contributed by atoms with Crippen LogP contribution in [0.4, 0.5) is 0 Å². The van der Waals surface area contributed by atoms with Crippen molar-refractivity contribution in [2.75, 3.05) is 7.11 Å². The zero-order valence-electron chi connectivity index (χ0n) is 11.1. The molecule has 1 N–H and O–H groups in total. The second-order valence-electron chi connectivity index (χ2n) is 4.41. The van der Waals surface area contributed by atoms with Crippen molar-refractivity contribution < 1.29 is 14.6 Å². The molecule has 2 aromatic rings. The Kier molecular flexibility index (Phi) is 3.51. The quantitative estimate of drug-likeness (QED) is 0.918. The van der Waals surface area contributed by atoms with E-state index in [4.69, 9.17) is 9.84 Å². The van der Waals surface area contributed by atoms with Gasteiger partial charge in [0.15, 0.2) is 0 Å². The summed E-state index contributed by atoms with van der Waals surface area (Å²) in [6.45, 7) is 3.92. The number of nitrogens with zero attached hydrogens (tertiary/aromatic N) is 1. The predicted octanol–water partition coefficient (Wildman–Crippen LogP) is 3.07. The van der Waals surface area contributed by atoms with Crippen molar-refractivity contribution in [1.29, 1.82) is 0 Å². The minimum atomic E-state index is -0.976. The van der Waals surface area contributed by atoms with Crippen LogP contribution in [0.15, 0.2) is 30.6 Å². The molecule has 19 heavy (non-hydrogen) atoms. The molecule has 2 rings (SSSR count). The highest BCUT2D eigenvalue weighted by Gasteiger charge is 2.09. The highest BCUT2D eigenvalue weighted by Crippen LogP contribution is 2.29. The van der Waals surface area contributed by atoms with Gasteiger partial charge in [0.1, 0.15) is 5.75 Å². The summed E-state index contributed by atoms with van der Waals surface area (Å²) in [5.74, 6) is -0.123. The first-order valence-electron chi connectivity index (χ1n) is 5.87. The van der Waals surface area contributed by atoms with Crippen molar-refractivity contribution in [3.63, 3.8) is 0 Å². The maximum atomic E-state index is 11.0. The van der Waals surface area contributed by atoms with E-state index in [9.17, 15) is 4.79 Å². The van der Waals surface area contributed by atoms with Crippen molar-refractivity contribution in [2.24, 2.45) is 0 Å². The first kappa shape index (κ1) is 13.1. The lowest BCUT2D eigenvalue weighted by Crippen LogP contribution is -1.98. The molecule has 98 valence electrons. The molecule has 4 heteroatoms. The van der Waals surface area contributed by atoms with Crippen molar-refractivity contribution in [2.45, 2.75) is 13.8 Å². The van der Waals surface area contributed by atoms with E-state index >= 15 is 0 Å². The fourth-order valence-electron chi connectivity index (χ4n) is 2.15. The molecule has 0 amide bonds. The molecule has 0 bridgehead atoms. The van der Waals surface area contributed by atoms with E-state index in [0.29, 0.717) is 0 Å². The van der Waals surface area contributed by atoms with E-state index in [1.807, 2.05) is 26.0 Å². The molecule has 0 saturated carbocycles. The lowest BCUT2D eigenvalue weighted by molar-refractivity contribution is 0.0696. The molecule has 1 aromatic carbocycles. The van der Waals surface area contributed by atoms with Gasteiger partial charge in [0.2, 0.25) is 0 Å². The number of hydrogen-bond donors (Lipinski definition) is 1. The van der Waals surface area contributed by atoms with Gasteiger partial charge in [-0.05, 0) is 48.7 Å². The van der Waals surface area contributed by atoms with Crippen molar-refractivity contribution in [3.05, 3.63) is 47.3 Å². The van der Waals surface area contributed by atoms with E-state index < -0.39 is 5.97 Å². The number of methoxy groups -OCH3 is 1. The monoisotopic (exact) mass is 257 g/mol. The Morgan fingerprint density at radius 1 is 1.11 bits per heavy atom. The van der Waals surface area contributed by atoms with Crippen LogP contribution in [0.25, 0.3) is 11.1 Å². The van der Waals surface area contributed by atoms with E-state index in [0.717, 1.165) is 28.0 Å². The summed E-state index contributed by atoms with van der Waals surface area (Å²) in [5.41, 5.74) is 3.93. The Hall–Kier alpha value is -2.36. The number of aryl methyl sites for hydroxylation is 2. The molecular weight excluding hydrogens is 242 g/mol. The number of pyridine rings is 1. The van der Waals surface area contributed by atoms with Gasteiger partial charge in [0.25, 0.3) is 0 Å². The van der Waals surface area contributed by atoms with Gasteiger partial charge in [-0.3, -0.25) is 4.98 Å². The van der Waals surface area contributed by atoms with E-state index in [2.05, 4.69) is 4.98 Å². The predicted molar refractivity (Wildman–Crippen MR) is 72.7 cm³/mol. The second kappa shape index (κ2) is 5.10. The van der Waals surface area contributed by atoms with E-state index in [-0.39, 0.29) is 5.56 Å². The first-order chi connectivity index (χ1) is 9.02. The fraction of sp³-hybridized carbons (Fsp3) is 0.200. The van der Waals surface area contributed by atoms with Crippen molar-refractivity contribution in [1.82, 2.24) is 4.98 Å². The lowest BCUT2D eigenvalue weighted by atomic mass is 10.00. The van der Waals surface area contributed by atoms with Crippen LogP contribution < -0.4 is 4.74 Å². The van der Waals surface area contributed by atoms with Crippen molar-refractivity contribution in [3.8, 4) is 16.9 Å². The van der Waals surface area contributed by atoms with Gasteiger partial charge < -0.3 is 9.84 Å². The van der Waals surface area contributed by atoms with E-state index in [1.165, 1.54) is 6.20 Å². The maximum absolute atomic E-state index is 11.0. The molecule has 0 aliphatic heterocycles. The first-order valence-corrected chi connectivity index (χ1v) is 5.87. The van der Waals surface area contributed by atoms with Crippen LogP contribution >= 0.6 is 0 Å². The third-order valence-electron chi connectivity index (χ3n) is 2.98. The minimum absolute atomic E-state index is 0.184. The molecule has 0 unspecified atom stereocenters. The van der Waals surface area contributed by atoms with Gasteiger partial charge in [-0.1, -0.05) is 0 Å². The molecule has 1 heterocycles. The third-order valence-corrected chi connectivity index (χ3v) is 2.98. The van der Waals surface area contributed by atoms with Crippen molar-refractivity contribution >= 4 is 5.97 Å². The topological polar surface area (TPSA) is 59.4 Å². The minimum Gasteiger partial charge on any atom is -0.496 e. The Labute approximate surface area is 111 Å². The van der Waals surface area contributed by atoms with Crippen LogP contribution in [-0.2, 0) is 0 Å². The fourth-order valence-corrected chi connectivity index (χ4v) is 2.15. The molecule has 0 fully saturated rings. The Balaban J connectivity index is 2.53. The lowest BCUT2D eigenvalue weighted by Gasteiger charge is -2.11. The van der Waals surface area contributed by atoms with Gasteiger partial charge in [0, 0.05) is 18.0 Å². The summed E-state index contributed by atoms with van der Waals surface area (Å²) in [6, 6.07) is 5.55. The van der Waals surface area contributed by atoms with Gasteiger partial charge in [-0.2, -0.15) is 0 Å². The number of aromatic carboxylic acids is 1. The summed E-state index contributed by atoms with van der Waals surface area (Å²) in [5, 5.41) is 8.99. The average molecular weight is 257 g/mol. The molecule has 0 aliphatic rings. The Morgan fingerprint density at radius 2 is 1.74 bits per heavy atom. The average Bonchev–Trinajstić information content (AvgIpc) is 2.38. The maximum Gasteiger partial charge on any atom is 0.337 e. The zero-order valence-corrected chi connectivity index (χ0v) is 11.1. The third kappa shape index (κ3) is 2.57. The molecule has 0 atom stereocenters. The summed E-state index contributed by atoms with van der Waals surface area (Å²) in [7, 11) is 1.64. The number of carbonyl (C=O) groups is 1. The summed E-state index contributed by atoms with van der Waals surface area (Å²) < 4.78 is 5.32. The number of ether oxygens (including phenoxy) is 1. The van der Waals surface area contributed by atoms with Crippen LogP contribution in [0, 0.1) is 13.8 Å². The number of aromatic nitrogens is 1. The molecule has 1 aromatic heterocycles. The van der Waals surface area contributed by atoms with Crippen LogP contribution in [-0.4, -0.2) is 23.2 Å². The van der Waals surface area contributed by atoms with Gasteiger partial charge in [-0.15, -0.1) is 0 Å². The van der Waals surface area contributed by atoms with Gasteiger partial charge in [0.05, 0.1) is 12.7 Å². The summed E-state index contributed by atoms with van der Waals surface area (Å²) in [4.78, 5) is 14.9. The molecule has 0 aliphatic carbocycles. The number of carboxylic acid groups (broad SMARTS) is 1. The van der Waals surface area contributed by atoms with Crippen LogP contribution in [0.3, 0.4) is 0 Å². The zero-order chi connectivity index (χ0) is 14.0. The standard InChI is InChI=1S/C15H15NO3/c1-9-4-11(5-10(2)14(9)19-3)12-6-13(15(17)18)8-16-7-12/h4-8H,1-3H3,(H,17,18). The molecule has 0 radical (unpaired) electrons. The molecule has 0 spiro atoms. The number of carboxylic acids is 1. The Morgan fingerprint density at radius 3 is 2.26 bits per heavy atom. The van der Waals surface area contributed by atoms with Gasteiger partial charge >= 0.3 is 5.97 Å². The molecule has 0 saturated heterocycles. The largest absolute Gasteiger partial charge is 0.496 e. The Bertz CT molecular complexity index is 612.